The molecule has 1 aliphatic heterocycles. The van der Waals surface area contributed by atoms with Crippen LogP contribution in [0.5, 0.6) is 0 Å². The van der Waals surface area contributed by atoms with Gasteiger partial charge in [0, 0.05) is 25.2 Å². The zero-order valence-electron chi connectivity index (χ0n) is 14.1. The Hall–Kier alpha value is -2.73. The maximum absolute atomic E-state index is 12.7. The van der Waals surface area contributed by atoms with Crippen LogP contribution in [0.15, 0.2) is 52.1 Å². The molecular formula is C19H20N4O2. The van der Waals surface area contributed by atoms with E-state index in [4.69, 9.17) is 4.98 Å². The number of nitrogens with one attached hydrogen (secondary N) is 1. The number of hydrogen-bond acceptors (Lipinski definition) is 4. The molecule has 128 valence electrons. The largest absolute Gasteiger partial charge is 0.332 e. The number of pyridine rings is 1. The molecule has 0 radical (unpaired) electrons. The Kier molecular flexibility index (Phi) is 3.97. The molecule has 0 bridgehead atoms. The Morgan fingerprint density at radius 3 is 2.68 bits per heavy atom. The van der Waals surface area contributed by atoms with Crippen molar-refractivity contribution < 1.29 is 0 Å². The van der Waals surface area contributed by atoms with Gasteiger partial charge >= 0.3 is 5.69 Å². The third-order valence-corrected chi connectivity index (χ3v) is 4.87. The van der Waals surface area contributed by atoms with E-state index in [0.717, 1.165) is 35.3 Å². The van der Waals surface area contributed by atoms with Crippen LogP contribution in [0.3, 0.4) is 0 Å². The molecule has 0 spiro atoms. The van der Waals surface area contributed by atoms with Gasteiger partial charge in [0.25, 0.3) is 5.56 Å². The summed E-state index contributed by atoms with van der Waals surface area (Å²) in [5.74, 6) is 0.328. The molecule has 6 heteroatoms. The summed E-state index contributed by atoms with van der Waals surface area (Å²) in [6.07, 6.45) is 1.02. The van der Waals surface area contributed by atoms with Gasteiger partial charge < -0.3 is 5.32 Å². The zero-order valence-corrected chi connectivity index (χ0v) is 14.1. The van der Waals surface area contributed by atoms with Gasteiger partial charge in [0.2, 0.25) is 0 Å². The molecular weight excluding hydrogens is 316 g/mol. The minimum atomic E-state index is -0.337. The molecule has 1 aromatic carbocycles. The summed E-state index contributed by atoms with van der Waals surface area (Å²) >= 11 is 0. The van der Waals surface area contributed by atoms with Crippen molar-refractivity contribution >= 4 is 11.0 Å². The maximum atomic E-state index is 12.7. The van der Waals surface area contributed by atoms with Crippen molar-refractivity contribution in [2.45, 2.75) is 18.9 Å². The number of fused-ring (bicyclic) bond motifs is 1. The Morgan fingerprint density at radius 1 is 1.16 bits per heavy atom. The third kappa shape index (κ3) is 2.78. The molecule has 0 unspecified atom stereocenters. The van der Waals surface area contributed by atoms with Crippen molar-refractivity contribution in [1.29, 1.82) is 0 Å². The van der Waals surface area contributed by atoms with E-state index in [-0.39, 0.29) is 11.2 Å². The lowest BCUT2D eigenvalue weighted by molar-refractivity contribution is 0.661. The van der Waals surface area contributed by atoms with Crippen LogP contribution >= 0.6 is 0 Å². The number of hydrogen-bond donors (Lipinski definition) is 1. The van der Waals surface area contributed by atoms with Gasteiger partial charge in [0.15, 0.2) is 0 Å². The van der Waals surface area contributed by atoms with Crippen LogP contribution < -0.4 is 16.6 Å². The summed E-state index contributed by atoms with van der Waals surface area (Å²) in [4.78, 5) is 29.9. The number of nitrogens with zero attached hydrogens (tertiary/aromatic N) is 3. The number of benzene rings is 1. The molecule has 2 aromatic heterocycles. The highest BCUT2D eigenvalue weighted by molar-refractivity contribution is 5.74. The van der Waals surface area contributed by atoms with Crippen LogP contribution in [0.25, 0.3) is 11.0 Å². The highest BCUT2D eigenvalue weighted by atomic mass is 16.2. The molecule has 6 nitrogen and oxygen atoms in total. The minimum absolute atomic E-state index is 0.298. The third-order valence-electron chi connectivity index (χ3n) is 4.87. The van der Waals surface area contributed by atoms with Crippen molar-refractivity contribution in [3.8, 4) is 0 Å². The second-order valence-corrected chi connectivity index (χ2v) is 6.52. The predicted molar refractivity (Wildman–Crippen MR) is 97.0 cm³/mol. The monoisotopic (exact) mass is 336 g/mol. The van der Waals surface area contributed by atoms with Gasteiger partial charge in [-0.3, -0.25) is 13.9 Å². The van der Waals surface area contributed by atoms with Crippen LogP contribution in [0.4, 0.5) is 0 Å². The van der Waals surface area contributed by atoms with E-state index in [1.165, 1.54) is 7.05 Å². The van der Waals surface area contributed by atoms with Crippen molar-refractivity contribution in [1.82, 2.24) is 19.4 Å². The minimum Gasteiger partial charge on any atom is -0.316 e. The molecule has 3 heterocycles. The summed E-state index contributed by atoms with van der Waals surface area (Å²) in [6.45, 7) is 2.24. The van der Waals surface area contributed by atoms with E-state index >= 15 is 0 Å². The second kappa shape index (κ2) is 6.29. The van der Waals surface area contributed by atoms with Crippen molar-refractivity contribution in [3.05, 3.63) is 74.6 Å². The molecule has 0 saturated carbocycles. The Balaban J connectivity index is 1.93. The van der Waals surface area contributed by atoms with E-state index in [2.05, 4.69) is 5.32 Å². The van der Waals surface area contributed by atoms with Crippen molar-refractivity contribution in [2.75, 3.05) is 13.1 Å². The molecule has 1 saturated heterocycles. The lowest BCUT2D eigenvalue weighted by Crippen LogP contribution is -2.38. The number of rotatable bonds is 3. The predicted octanol–water partition coefficient (Wildman–Crippen LogP) is 1.22. The van der Waals surface area contributed by atoms with Gasteiger partial charge in [0.05, 0.1) is 11.9 Å². The van der Waals surface area contributed by atoms with E-state index < -0.39 is 0 Å². The van der Waals surface area contributed by atoms with Crippen LogP contribution in [-0.4, -0.2) is 27.2 Å². The first-order valence-corrected chi connectivity index (χ1v) is 8.50. The maximum Gasteiger partial charge on any atom is 0.332 e. The van der Waals surface area contributed by atoms with Crippen LogP contribution in [0.2, 0.25) is 0 Å². The first-order valence-electron chi connectivity index (χ1n) is 8.50. The standard InChI is InChI=1S/C19H20N4O2/c1-22-18(24)15-7-8-16(14-9-10-20-11-14)21-17(15)23(19(22)25)12-13-5-3-2-4-6-13/h2-8,14,20H,9-12H2,1H3/t14-/m1/s1. The van der Waals surface area contributed by atoms with Crippen LogP contribution in [-0.2, 0) is 13.6 Å². The topological polar surface area (TPSA) is 68.9 Å². The lowest BCUT2D eigenvalue weighted by Gasteiger charge is -2.14. The smallest absolute Gasteiger partial charge is 0.316 e. The first-order chi connectivity index (χ1) is 12.1. The van der Waals surface area contributed by atoms with Crippen molar-refractivity contribution in [2.24, 2.45) is 7.05 Å². The summed E-state index contributed by atoms with van der Waals surface area (Å²) in [5.41, 5.74) is 1.77. The SMILES string of the molecule is Cn1c(=O)c2ccc([C@@H]3CCNC3)nc2n(Cc2ccccc2)c1=O. The van der Waals surface area contributed by atoms with Gasteiger partial charge in [-0.2, -0.15) is 0 Å². The normalized spacial score (nSPS) is 17.2. The van der Waals surface area contributed by atoms with Gasteiger partial charge in [0.1, 0.15) is 5.65 Å². The molecule has 1 fully saturated rings. The second-order valence-electron chi connectivity index (χ2n) is 6.52. The lowest BCUT2D eigenvalue weighted by atomic mass is 10.0. The molecule has 25 heavy (non-hydrogen) atoms. The highest BCUT2D eigenvalue weighted by Crippen LogP contribution is 2.22. The Bertz CT molecular complexity index is 1030. The fourth-order valence-electron chi connectivity index (χ4n) is 3.42. The highest BCUT2D eigenvalue weighted by Gasteiger charge is 2.20. The quantitative estimate of drug-likeness (QED) is 0.781. The fourth-order valence-corrected chi connectivity index (χ4v) is 3.42. The molecule has 3 aromatic rings. The fraction of sp³-hybridized carbons (Fsp3) is 0.316. The van der Waals surface area contributed by atoms with E-state index in [9.17, 15) is 9.59 Å². The summed E-state index contributed by atoms with van der Waals surface area (Å²) in [6, 6.07) is 13.5. The molecule has 0 aliphatic carbocycles. The molecule has 0 amide bonds. The molecule has 1 atom stereocenters. The summed E-state index contributed by atoms with van der Waals surface area (Å²) < 4.78 is 2.75. The Morgan fingerprint density at radius 2 is 1.96 bits per heavy atom. The van der Waals surface area contributed by atoms with Gasteiger partial charge in [-0.05, 0) is 30.7 Å². The summed E-state index contributed by atoms with van der Waals surface area (Å²) in [7, 11) is 1.51. The van der Waals surface area contributed by atoms with E-state index in [0.29, 0.717) is 23.5 Å². The van der Waals surface area contributed by atoms with Crippen molar-refractivity contribution in [3.63, 3.8) is 0 Å². The van der Waals surface area contributed by atoms with Crippen LogP contribution in [0, 0.1) is 0 Å². The van der Waals surface area contributed by atoms with E-state index in [1.54, 1.807) is 10.6 Å². The molecule has 1 N–H and O–H groups in total. The average Bonchev–Trinajstić information content (AvgIpc) is 3.18. The van der Waals surface area contributed by atoms with E-state index in [1.807, 2.05) is 36.4 Å². The average molecular weight is 336 g/mol. The number of aromatic nitrogens is 3. The molecule has 1 aliphatic rings. The Labute approximate surface area is 144 Å². The van der Waals surface area contributed by atoms with Crippen LogP contribution in [0.1, 0.15) is 23.6 Å². The summed E-state index contributed by atoms with van der Waals surface area (Å²) in [5, 5.41) is 3.81. The van der Waals surface area contributed by atoms with Gasteiger partial charge in [-0.1, -0.05) is 30.3 Å². The van der Waals surface area contributed by atoms with Gasteiger partial charge in [-0.15, -0.1) is 0 Å². The van der Waals surface area contributed by atoms with Gasteiger partial charge in [-0.25, -0.2) is 9.78 Å². The first kappa shape index (κ1) is 15.8. The molecule has 4 rings (SSSR count). The zero-order chi connectivity index (χ0) is 17.4.